The molecule has 1 aliphatic rings. The third-order valence-electron chi connectivity index (χ3n) is 6.02. The fourth-order valence-corrected chi connectivity index (χ4v) is 4.68. The summed E-state index contributed by atoms with van der Waals surface area (Å²) in [5.41, 5.74) is 2.29. The number of hydrogen-bond donors (Lipinski definition) is 0. The number of ether oxygens (including phenoxy) is 6. The van der Waals surface area contributed by atoms with Crippen molar-refractivity contribution in [3.63, 3.8) is 0 Å². The fourth-order valence-electron chi connectivity index (χ4n) is 4.49. The van der Waals surface area contributed by atoms with Crippen molar-refractivity contribution in [3.05, 3.63) is 64.2 Å². The van der Waals surface area contributed by atoms with Crippen LogP contribution in [0.5, 0.6) is 5.75 Å². The third-order valence-corrected chi connectivity index (χ3v) is 6.39. The van der Waals surface area contributed by atoms with E-state index >= 15 is 0 Å². The van der Waals surface area contributed by atoms with Gasteiger partial charge in [-0.15, -0.1) is 0 Å². The van der Waals surface area contributed by atoms with E-state index in [2.05, 4.69) is 0 Å². The molecule has 5 atom stereocenters. The van der Waals surface area contributed by atoms with Crippen molar-refractivity contribution in [1.29, 1.82) is 0 Å². The van der Waals surface area contributed by atoms with Gasteiger partial charge in [0.2, 0.25) is 0 Å². The molecule has 2 aromatic carbocycles. The molecule has 0 unspecified atom stereocenters. The summed E-state index contributed by atoms with van der Waals surface area (Å²) >= 11 is 6.54. The SMILES string of the molecule is CCOc1ccc(Cc2cc([C@@H]3O[C@H](COC(C)=O)[C@@H](OC(C)=O)[C@H](OC(C)=O)[C@@H]3OC(C)=O)ccc2Cl)cc1. The molecule has 0 aromatic heterocycles. The first-order valence-electron chi connectivity index (χ1n) is 12.8. The van der Waals surface area contributed by atoms with Crippen molar-refractivity contribution < 1.29 is 47.6 Å². The van der Waals surface area contributed by atoms with Crippen LogP contribution in [-0.4, -0.2) is 61.5 Å². The highest BCUT2D eigenvalue weighted by Crippen LogP contribution is 2.39. The average molecular weight is 577 g/mol. The fraction of sp³-hybridized carbons (Fsp3) is 0.448. The molecule has 0 aliphatic carbocycles. The lowest BCUT2D eigenvalue weighted by atomic mass is 9.89. The maximum absolute atomic E-state index is 12.2. The quantitative estimate of drug-likeness (QED) is 0.301. The molecule has 0 saturated carbocycles. The van der Waals surface area contributed by atoms with Crippen molar-refractivity contribution in [2.45, 2.75) is 71.6 Å². The molecule has 2 aromatic rings. The van der Waals surface area contributed by atoms with Gasteiger partial charge in [-0.2, -0.15) is 0 Å². The van der Waals surface area contributed by atoms with Gasteiger partial charge in [-0.3, -0.25) is 19.2 Å². The second kappa shape index (κ2) is 14.1. The number of carbonyl (C=O) groups is 4. The number of benzene rings is 2. The second-order valence-corrected chi connectivity index (χ2v) is 9.63. The number of hydrogen-bond acceptors (Lipinski definition) is 10. The summed E-state index contributed by atoms with van der Waals surface area (Å²) in [5, 5.41) is 0.503. The molecule has 1 saturated heterocycles. The lowest BCUT2D eigenvalue weighted by Crippen LogP contribution is -2.59. The summed E-state index contributed by atoms with van der Waals surface area (Å²) in [5.74, 6) is -1.89. The summed E-state index contributed by atoms with van der Waals surface area (Å²) in [6, 6.07) is 12.8. The van der Waals surface area contributed by atoms with Gasteiger partial charge in [0.1, 0.15) is 24.6 Å². The Morgan fingerprint density at radius 2 is 1.40 bits per heavy atom. The molecule has 1 aliphatic heterocycles. The zero-order valence-electron chi connectivity index (χ0n) is 23.0. The summed E-state index contributed by atoms with van der Waals surface area (Å²) in [4.78, 5) is 47.8. The highest BCUT2D eigenvalue weighted by Gasteiger charge is 2.52. The van der Waals surface area contributed by atoms with E-state index in [9.17, 15) is 19.2 Å². The third kappa shape index (κ3) is 8.43. The van der Waals surface area contributed by atoms with Gasteiger partial charge in [0.05, 0.1) is 6.61 Å². The monoisotopic (exact) mass is 576 g/mol. The molecule has 1 fully saturated rings. The highest BCUT2D eigenvalue weighted by atomic mass is 35.5. The number of rotatable bonds is 10. The molecule has 40 heavy (non-hydrogen) atoms. The molecule has 0 N–H and O–H groups in total. The Bertz CT molecular complexity index is 1210. The van der Waals surface area contributed by atoms with E-state index in [0.717, 1.165) is 16.9 Å². The van der Waals surface area contributed by atoms with Crippen LogP contribution in [0.25, 0.3) is 0 Å². The van der Waals surface area contributed by atoms with E-state index in [0.29, 0.717) is 23.6 Å². The van der Waals surface area contributed by atoms with Crippen molar-refractivity contribution >= 4 is 35.5 Å². The maximum Gasteiger partial charge on any atom is 0.303 e. The standard InChI is InChI=1S/C29H33ClO10/c1-6-35-23-10-7-20(8-11-23)13-22-14-21(9-12-24(22)30)26-28(38-18(4)33)29(39-19(5)34)27(37-17(3)32)25(40-26)15-36-16(2)31/h7-12,14,25-29H,6,13,15H2,1-5H3/t25-,26+,27-,28-,29+/m1/s1. The molecule has 0 amide bonds. The topological polar surface area (TPSA) is 124 Å². The van der Waals surface area contributed by atoms with Crippen LogP contribution in [0.3, 0.4) is 0 Å². The molecule has 0 spiro atoms. The molecule has 0 bridgehead atoms. The zero-order valence-corrected chi connectivity index (χ0v) is 23.8. The summed E-state index contributed by atoms with van der Waals surface area (Å²) in [6.45, 7) is 6.94. The van der Waals surface area contributed by atoms with Crippen LogP contribution in [0.2, 0.25) is 5.02 Å². The smallest absolute Gasteiger partial charge is 0.303 e. The van der Waals surface area contributed by atoms with Gasteiger partial charge in [0.25, 0.3) is 0 Å². The predicted molar refractivity (Wildman–Crippen MR) is 143 cm³/mol. The summed E-state index contributed by atoms with van der Waals surface area (Å²) < 4.78 is 33.5. The maximum atomic E-state index is 12.2. The van der Waals surface area contributed by atoms with Crippen molar-refractivity contribution in [3.8, 4) is 5.75 Å². The van der Waals surface area contributed by atoms with Crippen LogP contribution < -0.4 is 4.74 Å². The van der Waals surface area contributed by atoms with Crippen LogP contribution in [0.1, 0.15) is 57.4 Å². The molecule has 10 nitrogen and oxygen atoms in total. The normalized spacial score (nSPS) is 22.1. The molecular weight excluding hydrogens is 544 g/mol. The van der Waals surface area contributed by atoms with Gasteiger partial charge in [0, 0.05) is 32.7 Å². The van der Waals surface area contributed by atoms with Crippen LogP contribution in [-0.2, 0) is 49.3 Å². The van der Waals surface area contributed by atoms with E-state index in [1.165, 1.54) is 27.7 Å². The highest BCUT2D eigenvalue weighted by molar-refractivity contribution is 6.31. The van der Waals surface area contributed by atoms with E-state index in [1.54, 1.807) is 18.2 Å². The average Bonchev–Trinajstić information content (AvgIpc) is 2.87. The Balaban J connectivity index is 2.03. The Kier molecular flexibility index (Phi) is 10.9. The largest absolute Gasteiger partial charge is 0.494 e. The summed E-state index contributed by atoms with van der Waals surface area (Å²) in [6.07, 6.45) is -5.23. The van der Waals surface area contributed by atoms with Crippen molar-refractivity contribution in [2.75, 3.05) is 13.2 Å². The predicted octanol–water partition coefficient (Wildman–Crippen LogP) is 4.13. The number of esters is 4. The van der Waals surface area contributed by atoms with Crippen LogP contribution >= 0.6 is 11.6 Å². The molecule has 216 valence electrons. The first kappa shape index (κ1) is 30.9. The van der Waals surface area contributed by atoms with Crippen LogP contribution in [0.4, 0.5) is 0 Å². The lowest BCUT2D eigenvalue weighted by Gasteiger charge is -2.44. The number of halogens is 1. The van der Waals surface area contributed by atoms with Crippen LogP contribution in [0, 0.1) is 0 Å². The minimum atomic E-state index is -1.25. The van der Waals surface area contributed by atoms with Gasteiger partial charge in [-0.05, 0) is 48.2 Å². The Hall–Kier alpha value is -3.63. The van der Waals surface area contributed by atoms with E-state index in [1.807, 2.05) is 31.2 Å². The Morgan fingerprint density at radius 1 is 0.800 bits per heavy atom. The molecule has 11 heteroatoms. The minimum Gasteiger partial charge on any atom is -0.494 e. The van der Waals surface area contributed by atoms with Gasteiger partial charge in [0.15, 0.2) is 18.3 Å². The van der Waals surface area contributed by atoms with E-state index < -0.39 is 54.4 Å². The van der Waals surface area contributed by atoms with Crippen molar-refractivity contribution in [1.82, 2.24) is 0 Å². The summed E-state index contributed by atoms with van der Waals surface area (Å²) in [7, 11) is 0. The molecule has 1 heterocycles. The minimum absolute atomic E-state index is 0.305. The number of carbonyl (C=O) groups excluding carboxylic acids is 4. The molecule has 0 radical (unpaired) electrons. The first-order valence-corrected chi connectivity index (χ1v) is 13.2. The van der Waals surface area contributed by atoms with Gasteiger partial charge >= 0.3 is 23.9 Å². The first-order chi connectivity index (χ1) is 19.0. The van der Waals surface area contributed by atoms with E-state index in [-0.39, 0.29) is 6.61 Å². The molecule has 3 rings (SSSR count). The van der Waals surface area contributed by atoms with Crippen LogP contribution in [0.15, 0.2) is 42.5 Å². The Morgan fingerprint density at radius 3 is 1.98 bits per heavy atom. The van der Waals surface area contributed by atoms with Crippen molar-refractivity contribution in [2.24, 2.45) is 0 Å². The van der Waals surface area contributed by atoms with Gasteiger partial charge < -0.3 is 28.4 Å². The van der Waals surface area contributed by atoms with E-state index in [4.69, 9.17) is 40.0 Å². The lowest BCUT2D eigenvalue weighted by molar-refractivity contribution is -0.254. The van der Waals surface area contributed by atoms with Gasteiger partial charge in [-0.25, -0.2) is 0 Å². The second-order valence-electron chi connectivity index (χ2n) is 9.22. The zero-order chi connectivity index (χ0) is 29.4. The molecular formula is C29H33ClO10. The Labute approximate surface area is 237 Å². The van der Waals surface area contributed by atoms with Gasteiger partial charge in [-0.1, -0.05) is 35.9 Å².